The summed E-state index contributed by atoms with van der Waals surface area (Å²) in [6.07, 6.45) is 0. The van der Waals surface area contributed by atoms with Crippen molar-refractivity contribution in [2.75, 3.05) is 19.6 Å². The molecule has 0 atom stereocenters. The Bertz CT molecular complexity index is 9690. The second-order valence-electron chi connectivity index (χ2n) is 37.6. The second kappa shape index (κ2) is 37.1. The Morgan fingerprint density at radius 1 is 0.103 bits per heavy atom. The lowest BCUT2D eigenvalue weighted by molar-refractivity contribution is 1.28. The molecule has 0 radical (unpaired) electrons. The van der Waals surface area contributed by atoms with E-state index in [0.29, 0.717) is 0 Å². The summed E-state index contributed by atoms with van der Waals surface area (Å²) < 4.78 is 5.27. The quantitative estimate of drug-likeness (QED) is 0.0794. The summed E-state index contributed by atoms with van der Waals surface area (Å²) in [5, 5.41) is 25.4. The number of thiophene rings is 2. The molecule has 2 aromatic heterocycles. The third-order valence-electron chi connectivity index (χ3n) is 29.3. The molecule has 0 saturated heterocycles. The molecule has 6 heteroatoms. The number of hydrogen-bond donors (Lipinski definition) is 0. The molecule has 0 aliphatic heterocycles. The monoisotopic (exact) mass is 1890 g/mol. The van der Waals surface area contributed by atoms with Crippen LogP contribution in [-0.2, 0) is 0 Å². The van der Waals surface area contributed by atoms with Gasteiger partial charge in [0.25, 0.3) is 0 Å². The van der Waals surface area contributed by atoms with Crippen LogP contribution in [0.3, 0.4) is 0 Å². The van der Waals surface area contributed by atoms with E-state index in [0.717, 1.165) is 84.9 Å². The maximum absolute atomic E-state index is 2.43. The van der Waals surface area contributed by atoms with Gasteiger partial charge in [0, 0.05) is 108 Å². The molecule has 684 valence electrons. The van der Waals surface area contributed by atoms with Gasteiger partial charge >= 0.3 is 0 Å². The molecule has 0 saturated carbocycles. The highest BCUT2D eigenvalue weighted by atomic mass is 32.1. The van der Waals surface area contributed by atoms with E-state index >= 15 is 0 Å². The Morgan fingerprint density at radius 3 is 0.630 bits per heavy atom. The maximum Gasteiger partial charge on any atom is 0.0540 e. The summed E-state index contributed by atoms with van der Waals surface area (Å²) in [4.78, 5) is 9.47. The number of fused-ring (bicyclic) bond motifs is 20. The van der Waals surface area contributed by atoms with Crippen molar-refractivity contribution in [1.82, 2.24) is 0 Å². The van der Waals surface area contributed by atoms with Crippen LogP contribution in [0.4, 0.5) is 68.2 Å². The molecule has 0 bridgehead atoms. The highest BCUT2D eigenvalue weighted by Crippen LogP contribution is 2.51. The zero-order chi connectivity index (χ0) is 96.5. The van der Waals surface area contributed by atoms with Gasteiger partial charge in [0.2, 0.25) is 0 Å². The van der Waals surface area contributed by atoms with E-state index in [9.17, 15) is 0 Å². The van der Waals surface area contributed by atoms with Crippen LogP contribution in [0.15, 0.2) is 558 Å². The highest BCUT2D eigenvalue weighted by Gasteiger charge is 2.25. The van der Waals surface area contributed by atoms with Crippen molar-refractivity contribution in [2.24, 2.45) is 0 Å². The molecule has 0 N–H and O–H groups in total. The third kappa shape index (κ3) is 15.7. The van der Waals surface area contributed by atoms with E-state index in [2.05, 4.69) is 578 Å². The summed E-state index contributed by atoms with van der Waals surface area (Å²) in [7, 11) is 0. The topological polar surface area (TPSA) is 13.0 Å². The predicted molar refractivity (Wildman–Crippen MR) is 630 cm³/mol. The first kappa shape index (κ1) is 86.5. The molecular weight excluding hydrogens is 1800 g/mol. The number of para-hydroxylation sites is 4. The van der Waals surface area contributed by atoms with Gasteiger partial charge in [-0.1, -0.05) is 376 Å². The molecule has 28 rings (SSSR count). The molecule has 0 aliphatic carbocycles. The predicted octanol–water partition coefficient (Wildman–Crippen LogP) is 41.2. The third-order valence-corrected chi connectivity index (χ3v) is 31.6. The van der Waals surface area contributed by atoms with E-state index in [1.165, 1.54) is 177 Å². The molecule has 146 heavy (non-hydrogen) atoms. The SMILES string of the molecule is c1ccc(N(c2ccccc2)c2ccc(-c3ccc(N(c4ccc(-c5ccc6c7ccccc7c7ccccc7c6c5)cc4)c4ccc(-c5ccc6sc7ccccc7c6c5)c5ccccc45)cc3)cc2)cc1.c1ccc(N(c2ccccc2)c2ccc(-c3ccc(N(c4ccc(-c5ccc6sc7ccccc7c6c5)cc4)c4ccc(-c5ccc6c7ccccc7c7ccccc7c6c5)cc4)cc3)c3ccccc23)cc1. The highest BCUT2D eigenvalue weighted by molar-refractivity contribution is 7.26. The lowest BCUT2D eigenvalue weighted by Crippen LogP contribution is -2.10. The fourth-order valence-corrected chi connectivity index (χ4v) is 24.5. The van der Waals surface area contributed by atoms with E-state index in [1.807, 2.05) is 22.7 Å². The van der Waals surface area contributed by atoms with Crippen LogP contribution in [0, 0.1) is 0 Å². The second-order valence-corrected chi connectivity index (χ2v) is 39.8. The molecule has 0 amide bonds. The van der Waals surface area contributed by atoms with Crippen LogP contribution in [0.25, 0.3) is 193 Å². The van der Waals surface area contributed by atoms with Crippen LogP contribution < -0.4 is 19.6 Å². The van der Waals surface area contributed by atoms with Crippen molar-refractivity contribution in [1.29, 1.82) is 0 Å². The zero-order valence-electron chi connectivity index (χ0n) is 79.7. The van der Waals surface area contributed by atoms with Gasteiger partial charge in [-0.15, -0.1) is 22.7 Å². The minimum Gasteiger partial charge on any atom is -0.311 e. The first-order valence-corrected chi connectivity index (χ1v) is 51.6. The van der Waals surface area contributed by atoms with Gasteiger partial charge in [0.15, 0.2) is 0 Å². The summed E-state index contributed by atoms with van der Waals surface area (Å²) in [5.41, 5.74) is 27.6. The van der Waals surface area contributed by atoms with E-state index in [-0.39, 0.29) is 0 Å². The van der Waals surface area contributed by atoms with Crippen LogP contribution in [0.1, 0.15) is 0 Å². The Hall–Kier alpha value is -18.6. The van der Waals surface area contributed by atoms with Crippen molar-refractivity contribution < 1.29 is 0 Å². The Labute approximate surface area is 855 Å². The van der Waals surface area contributed by atoms with E-state index < -0.39 is 0 Å². The van der Waals surface area contributed by atoms with Crippen LogP contribution in [0.2, 0.25) is 0 Å². The molecule has 0 unspecified atom stereocenters. The lowest BCUT2D eigenvalue weighted by atomic mass is 9.92. The van der Waals surface area contributed by atoms with Crippen LogP contribution in [0.5, 0.6) is 0 Å². The summed E-state index contributed by atoms with van der Waals surface area (Å²) in [6.45, 7) is 0. The molecular formula is C140H92N4S2. The smallest absolute Gasteiger partial charge is 0.0540 e. The number of nitrogens with zero attached hydrogens (tertiary/aromatic N) is 4. The van der Waals surface area contributed by atoms with Crippen molar-refractivity contribution >= 4 is 217 Å². The Morgan fingerprint density at radius 2 is 0.301 bits per heavy atom. The molecule has 26 aromatic carbocycles. The molecule has 2 heterocycles. The lowest BCUT2D eigenvalue weighted by Gasteiger charge is -2.28. The minimum absolute atomic E-state index is 1.08. The summed E-state index contributed by atoms with van der Waals surface area (Å²) in [5.74, 6) is 0. The number of benzene rings is 26. The van der Waals surface area contributed by atoms with Gasteiger partial charge in [-0.25, -0.2) is 0 Å². The first-order valence-electron chi connectivity index (χ1n) is 50.0. The zero-order valence-corrected chi connectivity index (χ0v) is 81.4. The first-order chi connectivity index (χ1) is 72.4. The fraction of sp³-hybridized carbons (Fsp3) is 0. The number of rotatable bonds is 18. The number of hydrogen-bond acceptors (Lipinski definition) is 6. The van der Waals surface area contributed by atoms with Gasteiger partial charge in [-0.2, -0.15) is 0 Å². The van der Waals surface area contributed by atoms with E-state index in [4.69, 9.17) is 0 Å². The minimum atomic E-state index is 1.08. The molecule has 0 spiro atoms. The molecule has 4 nitrogen and oxygen atoms in total. The van der Waals surface area contributed by atoms with Crippen molar-refractivity contribution in [3.63, 3.8) is 0 Å². The largest absolute Gasteiger partial charge is 0.311 e. The van der Waals surface area contributed by atoms with Gasteiger partial charge in [-0.05, 0) is 324 Å². The standard InChI is InChI=1S/2C70H46N2S/c1-3-15-52(16-4-1)72(53-17-5-2-6-18-53)68-43-42-57(58-19-11-12-24-64(58)68)49-31-39-56(40-32-49)71(55-37-29-48(30-38-55)51-34-44-70-67(46-51)65-25-13-14-26-69(65)73-70)54-35-27-47(28-36-54)50-33-41-63-61-22-8-7-20-59(61)60-21-9-10-23-62(60)66(63)45-50;1-3-15-52(16-4-1)71(53-17-5-2-6-18-53)54-35-27-47(28-36-54)48-29-37-55(38-30-48)72(68-43-42-57(58-19-11-12-24-64(58)68)51-34-44-70-67(46-51)65-25-13-14-26-69(65)73-70)56-39-31-49(32-40-56)50-33-41-63-61-22-8-7-20-59(61)60-21-9-10-23-62(60)66(63)45-50/h2*1-46H. The van der Waals surface area contributed by atoms with Crippen molar-refractivity contribution in [3.8, 4) is 66.8 Å². The van der Waals surface area contributed by atoms with Crippen LogP contribution in [-0.4, -0.2) is 0 Å². The van der Waals surface area contributed by atoms with E-state index in [1.54, 1.807) is 0 Å². The van der Waals surface area contributed by atoms with Gasteiger partial charge in [0.1, 0.15) is 0 Å². The average molecular weight is 1890 g/mol. The van der Waals surface area contributed by atoms with Crippen molar-refractivity contribution in [3.05, 3.63) is 558 Å². The normalized spacial score (nSPS) is 11.6. The van der Waals surface area contributed by atoms with Crippen LogP contribution >= 0.6 is 22.7 Å². The Balaban J connectivity index is 0.000000145. The van der Waals surface area contributed by atoms with Gasteiger partial charge < -0.3 is 19.6 Å². The van der Waals surface area contributed by atoms with Gasteiger partial charge in [-0.3, -0.25) is 0 Å². The molecule has 0 fully saturated rings. The fourth-order valence-electron chi connectivity index (χ4n) is 22.3. The molecule has 0 aliphatic rings. The number of anilines is 12. The molecule has 28 aromatic rings. The van der Waals surface area contributed by atoms with Crippen molar-refractivity contribution in [2.45, 2.75) is 0 Å². The average Bonchev–Trinajstić information content (AvgIpc) is 0.814. The summed E-state index contributed by atoms with van der Waals surface area (Å²) >= 11 is 3.72. The maximum atomic E-state index is 2.43. The van der Waals surface area contributed by atoms with Gasteiger partial charge in [0.05, 0.1) is 11.4 Å². The Kier molecular flexibility index (Phi) is 22.0. The summed E-state index contributed by atoms with van der Waals surface area (Å²) in [6, 6.07) is 204.